The Morgan fingerprint density at radius 1 is 1.21 bits per heavy atom. The number of halogens is 1. The predicted molar refractivity (Wildman–Crippen MR) is 121 cm³/mol. The highest BCUT2D eigenvalue weighted by molar-refractivity contribution is 5.93. The first-order valence-corrected chi connectivity index (χ1v) is 10.6. The minimum absolute atomic E-state index is 0.0269. The van der Waals surface area contributed by atoms with Crippen LogP contribution in [0.5, 0.6) is 11.5 Å². The van der Waals surface area contributed by atoms with Crippen LogP contribution in [0.1, 0.15) is 29.3 Å². The quantitative estimate of drug-likeness (QED) is 0.581. The number of nitrogens with zero attached hydrogens (tertiary/aromatic N) is 2. The van der Waals surface area contributed by atoms with Gasteiger partial charge in [-0.05, 0) is 43.2 Å². The number of hydrogen-bond acceptors (Lipinski definition) is 6. The first kappa shape index (κ1) is 22.6. The lowest BCUT2D eigenvalue weighted by molar-refractivity contribution is 0.0694. The maximum atomic E-state index is 15.0. The Balaban J connectivity index is 1.61. The summed E-state index contributed by atoms with van der Waals surface area (Å²) >= 11 is 0. The molecule has 1 aliphatic rings. The van der Waals surface area contributed by atoms with Crippen molar-refractivity contribution in [3.63, 3.8) is 0 Å². The van der Waals surface area contributed by atoms with Gasteiger partial charge >= 0.3 is 5.97 Å². The Bertz CT molecular complexity index is 1270. The molecule has 1 saturated heterocycles. The van der Waals surface area contributed by atoms with Crippen molar-refractivity contribution < 1.29 is 28.6 Å². The predicted octanol–water partition coefficient (Wildman–Crippen LogP) is 3.63. The van der Waals surface area contributed by atoms with Crippen molar-refractivity contribution in [2.75, 3.05) is 25.8 Å². The zero-order valence-electron chi connectivity index (χ0n) is 18.6. The van der Waals surface area contributed by atoms with Crippen LogP contribution in [0, 0.1) is 5.82 Å². The molecule has 0 radical (unpaired) electrons. The van der Waals surface area contributed by atoms with Crippen LogP contribution in [0.4, 0.5) is 10.1 Å². The van der Waals surface area contributed by atoms with E-state index in [9.17, 15) is 14.7 Å². The van der Waals surface area contributed by atoms with Gasteiger partial charge in [-0.15, -0.1) is 0 Å². The van der Waals surface area contributed by atoms with Crippen LogP contribution in [0.25, 0.3) is 10.9 Å². The molecule has 33 heavy (non-hydrogen) atoms. The molecule has 174 valence electrons. The molecule has 8 nitrogen and oxygen atoms in total. The van der Waals surface area contributed by atoms with Crippen molar-refractivity contribution in [3.05, 3.63) is 63.7 Å². The summed E-state index contributed by atoms with van der Waals surface area (Å²) in [6.45, 7) is 2.72. The first-order valence-electron chi connectivity index (χ1n) is 10.6. The Labute approximate surface area is 189 Å². The van der Waals surface area contributed by atoms with Gasteiger partial charge in [0.05, 0.1) is 25.8 Å². The Morgan fingerprint density at radius 2 is 1.97 bits per heavy atom. The van der Waals surface area contributed by atoms with E-state index in [1.165, 1.54) is 11.3 Å². The number of aromatic nitrogens is 1. The minimum atomic E-state index is -1.34. The van der Waals surface area contributed by atoms with Crippen molar-refractivity contribution in [1.82, 2.24) is 4.57 Å². The lowest BCUT2D eigenvalue weighted by Crippen LogP contribution is -2.22. The highest BCUT2D eigenvalue weighted by Crippen LogP contribution is 2.32. The standard InChI is InChI=1S/C24H25FN2O6/c1-4-26-13-17(24(29)30)23(28)16-11-18(25)20(12-19(16)26)27-8-7-15(33-27)9-14-5-6-21(31-2)22(10-14)32-3/h5-6,10-13,15H,4,7-9H2,1-3H3,(H,29,30)/t15-/m0/s1. The number of rotatable bonds is 7. The van der Waals surface area contributed by atoms with E-state index in [1.807, 2.05) is 25.1 Å². The Hall–Kier alpha value is -3.59. The zero-order valence-corrected chi connectivity index (χ0v) is 18.6. The van der Waals surface area contributed by atoms with Crippen molar-refractivity contribution in [1.29, 1.82) is 0 Å². The van der Waals surface area contributed by atoms with Gasteiger partial charge in [0.25, 0.3) is 0 Å². The molecule has 0 bridgehead atoms. The monoisotopic (exact) mass is 456 g/mol. The number of hydrogen-bond donors (Lipinski definition) is 1. The number of anilines is 1. The number of hydroxylamine groups is 1. The summed E-state index contributed by atoms with van der Waals surface area (Å²) in [5, 5.41) is 10.8. The number of methoxy groups -OCH3 is 2. The van der Waals surface area contributed by atoms with E-state index in [0.717, 1.165) is 11.6 Å². The number of carboxylic acids is 1. The molecule has 9 heteroatoms. The number of aromatic carboxylic acids is 1. The molecular weight excluding hydrogens is 431 g/mol. The second-order valence-electron chi connectivity index (χ2n) is 7.80. The fourth-order valence-electron chi connectivity index (χ4n) is 4.14. The molecule has 1 aromatic heterocycles. The third kappa shape index (κ3) is 4.23. The van der Waals surface area contributed by atoms with E-state index < -0.39 is 17.2 Å². The number of ether oxygens (including phenoxy) is 2. The Morgan fingerprint density at radius 3 is 2.64 bits per heavy atom. The second-order valence-corrected chi connectivity index (χ2v) is 7.80. The minimum Gasteiger partial charge on any atom is -0.493 e. The van der Waals surface area contributed by atoms with Gasteiger partial charge in [-0.2, -0.15) is 0 Å². The molecule has 0 unspecified atom stereocenters. The smallest absolute Gasteiger partial charge is 0.341 e. The summed E-state index contributed by atoms with van der Waals surface area (Å²) in [5.41, 5.74) is 0.572. The summed E-state index contributed by atoms with van der Waals surface area (Å²) in [6.07, 6.45) is 2.42. The number of carboxylic acid groups (broad SMARTS) is 1. The highest BCUT2D eigenvalue weighted by Gasteiger charge is 2.28. The topological polar surface area (TPSA) is 90.2 Å². The zero-order chi connectivity index (χ0) is 23.7. The van der Waals surface area contributed by atoms with Crippen molar-refractivity contribution in [3.8, 4) is 11.5 Å². The van der Waals surface area contributed by atoms with E-state index in [2.05, 4.69) is 0 Å². The normalized spacial score (nSPS) is 15.8. The highest BCUT2D eigenvalue weighted by atomic mass is 19.1. The summed E-state index contributed by atoms with van der Waals surface area (Å²) in [5.74, 6) is -0.712. The number of benzene rings is 2. The van der Waals surface area contributed by atoms with E-state index >= 15 is 4.39 Å². The average molecular weight is 456 g/mol. The second kappa shape index (κ2) is 9.11. The van der Waals surface area contributed by atoms with Crippen molar-refractivity contribution in [2.45, 2.75) is 32.4 Å². The molecular formula is C24H25FN2O6. The van der Waals surface area contributed by atoms with Crippen LogP contribution in [0.3, 0.4) is 0 Å². The molecule has 0 aliphatic carbocycles. The fraction of sp³-hybridized carbons (Fsp3) is 0.333. The molecule has 0 saturated carbocycles. The molecule has 0 spiro atoms. The molecule has 1 N–H and O–H groups in total. The van der Waals surface area contributed by atoms with Gasteiger partial charge in [0.15, 0.2) is 11.5 Å². The van der Waals surface area contributed by atoms with Crippen molar-refractivity contribution in [2.24, 2.45) is 0 Å². The van der Waals surface area contributed by atoms with Crippen LogP contribution >= 0.6 is 0 Å². The molecule has 1 fully saturated rings. The molecule has 2 heterocycles. The van der Waals surface area contributed by atoms with Crippen LogP contribution in [0.2, 0.25) is 0 Å². The summed E-state index contributed by atoms with van der Waals surface area (Å²) in [7, 11) is 3.15. The van der Waals surface area contributed by atoms with Gasteiger partial charge in [-0.25, -0.2) is 9.18 Å². The fourth-order valence-corrected chi connectivity index (χ4v) is 4.14. The van der Waals surface area contributed by atoms with E-state index in [4.69, 9.17) is 14.3 Å². The molecule has 2 aromatic carbocycles. The van der Waals surface area contributed by atoms with E-state index in [-0.39, 0.29) is 22.7 Å². The molecule has 4 rings (SSSR count). The Kier molecular flexibility index (Phi) is 6.24. The lowest BCUT2D eigenvalue weighted by Gasteiger charge is -2.21. The molecule has 1 atom stereocenters. The van der Waals surface area contributed by atoms with Gasteiger partial charge in [-0.3, -0.25) is 14.7 Å². The van der Waals surface area contributed by atoms with Crippen LogP contribution in [-0.2, 0) is 17.8 Å². The van der Waals surface area contributed by atoms with E-state index in [0.29, 0.717) is 42.9 Å². The van der Waals surface area contributed by atoms with E-state index in [1.54, 1.807) is 24.9 Å². The maximum absolute atomic E-state index is 15.0. The van der Waals surface area contributed by atoms with Gasteiger partial charge in [0, 0.05) is 31.1 Å². The van der Waals surface area contributed by atoms with Gasteiger partial charge in [0.2, 0.25) is 5.43 Å². The first-order chi connectivity index (χ1) is 15.9. The SMILES string of the molecule is CCn1cc(C(=O)O)c(=O)c2cc(F)c(N3CC[C@@H](Cc4ccc(OC)c(OC)c4)O3)cc21. The maximum Gasteiger partial charge on any atom is 0.341 e. The largest absolute Gasteiger partial charge is 0.493 e. The van der Waals surface area contributed by atoms with Crippen LogP contribution in [0.15, 0.2) is 41.3 Å². The summed E-state index contributed by atoms with van der Waals surface area (Å²) < 4.78 is 27.3. The van der Waals surface area contributed by atoms with Gasteiger partial charge in [0.1, 0.15) is 17.1 Å². The van der Waals surface area contributed by atoms with Crippen molar-refractivity contribution >= 4 is 22.6 Å². The number of fused-ring (bicyclic) bond motifs is 1. The third-order valence-electron chi connectivity index (χ3n) is 5.83. The third-order valence-corrected chi connectivity index (χ3v) is 5.83. The average Bonchev–Trinajstić information content (AvgIpc) is 3.27. The number of carbonyl (C=O) groups is 1. The van der Waals surface area contributed by atoms with Gasteiger partial charge < -0.3 is 19.1 Å². The molecule has 3 aromatic rings. The summed E-state index contributed by atoms with van der Waals surface area (Å²) in [6, 6.07) is 8.29. The van der Waals surface area contributed by atoms with Crippen LogP contribution < -0.4 is 20.0 Å². The van der Waals surface area contributed by atoms with Crippen LogP contribution in [-0.4, -0.2) is 42.5 Å². The lowest BCUT2D eigenvalue weighted by atomic mass is 10.1. The van der Waals surface area contributed by atoms with Gasteiger partial charge in [-0.1, -0.05) is 6.07 Å². The summed E-state index contributed by atoms with van der Waals surface area (Å²) in [4.78, 5) is 30.0. The number of pyridine rings is 1. The molecule has 0 amide bonds. The molecule has 1 aliphatic heterocycles. The number of aryl methyl sites for hydroxylation is 1.